The van der Waals surface area contributed by atoms with E-state index in [1.807, 2.05) is 31.2 Å². The highest BCUT2D eigenvalue weighted by molar-refractivity contribution is 7.89. The zero-order chi connectivity index (χ0) is 21.2. The van der Waals surface area contributed by atoms with Crippen LogP contribution in [-0.2, 0) is 21.3 Å². The van der Waals surface area contributed by atoms with Crippen molar-refractivity contribution in [3.05, 3.63) is 72.4 Å². The Morgan fingerprint density at radius 1 is 1.14 bits per heavy atom. The number of aromatic nitrogens is 2. The molecule has 3 aromatic rings. The molecule has 3 rings (SSSR count). The molecule has 0 aliphatic rings. The van der Waals surface area contributed by atoms with Gasteiger partial charge < -0.3 is 4.74 Å². The van der Waals surface area contributed by atoms with Crippen LogP contribution in [-0.4, -0.2) is 31.3 Å². The number of aryl methyl sites for hydroxylation is 1. The summed E-state index contributed by atoms with van der Waals surface area (Å²) >= 11 is 0. The average molecular weight is 411 g/mol. The maximum Gasteiger partial charge on any atom is 0.357 e. The summed E-state index contributed by atoms with van der Waals surface area (Å²) in [5.41, 5.74) is 3.92. The van der Waals surface area contributed by atoms with Crippen molar-refractivity contribution in [3.63, 3.8) is 0 Å². The van der Waals surface area contributed by atoms with Gasteiger partial charge in [0.15, 0.2) is 5.69 Å². The molecule has 2 aromatic carbocycles. The summed E-state index contributed by atoms with van der Waals surface area (Å²) in [6, 6.07) is 13.7. The van der Waals surface area contributed by atoms with Crippen molar-refractivity contribution >= 4 is 16.0 Å². The maximum atomic E-state index is 12.6. The Hall–Kier alpha value is -3.23. The van der Waals surface area contributed by atoms with Crippen LogP contribution in [0.2, 0.25) is 0 Å². The van der Waals surface area contributed by atoms with E-state index in [-0.39, 0.29) is 4.90 Å². The number of carbonyl (C=O) groups is 1. The summed E-state index contributed by atoms with van der Waals surface area (Å²) in [7, 11) is -2.50. The minimum absolute atomic E-state index is 0.00292. The molecule has 0 aliphatic heterocycles. The minimum Gasteiger partial charge on any atom is -0.464 e. The predicted molar refractivity (Wildman–Crippen MR) is 111 cm³/mol. The molecule has 0 radical (unpaired) electrons. The molecule has 0 saturated heterocycles. The van der Waals surface area contributed by atoms with E-state index in [2.05, 4.69) is 11.7 Å². The van der Waals surface area contributed by atoms with Crippen molar-refractivity contribution in [3.8, 4) is 22.4 Å². The SMILES string of the molecule is C=CCn1nc(-c2ccc(S(N)(=O)=O)cc2)c(-c2ccc(C)cc2)c1C(=O)OC. The lowest BCUT2D eigenvalue weighted by Crippen LogP contribution is -2.12. The van der Waals surface area contributed by atoms with Gasteiger partial charge in [-0.25, -0.2) is 18.4 Å². The van der Waals surface area contributed by atoms with Crippen LogP contribution in [0.1, 0.15) is 16.1 Å². The number of methoxy groups -OCH3 is 1. The normalized spacial score (nSPS) is 11.3. The standard InChI is InChI=1S/C21H21N3O4S/c1-4-13-24-20(21(25)28-3)18(15-7-5-14(2)6-8-15)19(23-24)16-9-11-17(12-10-16)29(22,26)27/h4-12H,1,13H2,2-3H3,(H2,22,26,27). The van der Waals surface area contributed by atoms with Crippen molar-refractivity contribution < 1.29 is 17.9 Å². The molecule has 0 fully saturated rings. The molecular weight excluding hydrogens is 390 g/mol. The van der Waals surface area contributed by atoms with Crippen molar-refractivity contribution in [2.45, 2.75) is 18.4 Å². The van der Waals surface area contributed by atoms with Gasteiger partial charge in [0.25, 0.3) is 0 Å². The number of hydrogen-bond donors (Lipinski definition) is 1. The van der Waals surface area contributed by atoms with Gasteiger partial charge in [-0.1, -0.05) is 48.0 Å². The molecule has 0 unspecified atom stereocenters. The summed E-state index contributed by atoms with van der Waals surface area (Å²) in [5, 5.41) is 9.78. The molecule has 0 aliphatic carbocycles. The molecule has 150 valence electrons. The van der Waals surface area contributed by atoms with E-state index in [1.165, 1.54) is 23.9 Å². The number of nitrogens with two attached hydrogens (primary N) is 1. The molecule has 0 saturated carbocycles. The van der Waals surface area contributed by atoms with Crippen molar-refractivity contribution in [1.29, 1.82) is 0 Å². The molecule has 7 nitrogen and oxygen atoms in total. The smallest absolute Gasteiger partial charge is 0.357 e. The van der Waals surface area contributed by atoms with Gasteiger partial charge in [-0.05, 0) is 24.6 Å². The Labute approximate surface area is 169 Å². The van der Waals surface area contributed by atoms with Gasteiger partial charge in [-0.2, -0.15) is 5.10 Å². The highest BCUT2D eigenvalue weighted by Gasteiger charge is 2.26. The summed E-state index contributed by atoms with van der Waals surface area (Å²) in [6.45, 7) is 6.00. The van der Waals surface area contributed by atoms with E-state index in [9.17, 15) is 13.2 Å². The third-order valence-corrected chi connectivity index (χ3v) is 5.36. The molecule has 8 heteroatoms. The molecular formula is C21H21N3O4S. The van der Waals surface area contributed by atoms with Crippen LogP contribution < -0.4 is 5.14 Å². The number of carbonyl (C=O) groups excluding carboxylic acids is 1. The Kier molecular flexibility index (Phi) is 5.67. The third kappa shape index (κ3) is 4.13. The fraction of sp³-hybridized carbons (Fsp3) is 0.143. The van der Waals surface area contributed by atoms with Gasteiger partial charge in [0.05, 0.1) is 18.6 Å². The quantitative estimate of drug-likeness (QED) is 0.496. The molecule has 1 aromatic heterocycles. The van der Waals surface area contributed by atoms with E-state index >= 15 is 0 Å². The van der Waals surface area contributed by atoms with Crippen LogP contribution in [0, 0.1) is 6.92 Å². The Balaban J connectivity index is 2.29. The summed E-state index contributed by atoms with van der Waals surface area (Å²) in [4.78, 5) is 12.6. The first-order valence-electron chi connectivity index (χ1n) is 8.76. The zero-order valence-corrected chi connectivity index (χ0v) is 16.9. The number of nitrogens with zero attached hydrogens (tertiary/aromatic N) is 2. The number of esters is 1. The minimum atomic E-state index is -3.81. The third-order valence-electron chi connectivity index (χ3n) is 4.43. The fourth-order valence-electron chi connectivity index (χ4n) is 3.02. The lowest BCUT2D eigenvalue weighted by molar-refractivity contribution is 0.0588. The summed E-state index contributed by atoms with van der Waals surface area (Å²) in [6.07, 6.45) is 1.63. The Morgan fingerprint density at radius 3 is 2.24 bits per heavy atom. The average Bonchev–Trinajstić information content (AvgIpc) is 3.07. The van der Waals surface area contributed by atoms with Crippen molar-refractivity contribution in [1.82, 2.24) is 9.78 Å². The van der Waals surface area contributed by atoms with E-state index in [1.54, 1.807) is 18.2 Å². The lowest BCUT2D eigenvalue weighted by atomic mass is 9.98. The number of allylic oxidation sites excluding steroid dienone is 1. The molecule has 2 N–H and O–H groups in total. The van der Waals surface area contributed by atoms with Crippen LogP contribution in [0.15, 0.2) is 66.1 Å². The van der Waals surface area contributed by atoms with Gasteiger partial charge in [-0.3, -0.25) is 4.68 Å². The summed E-state index contributed by atoms with van der Waals surface area (Å²) < 4.78 is 29.6. The monoisotopic (exact) mass is 411 g/mol. The van der Waals surface area contributed by atoms with E-state index in [4.69, 9.17) is 9.88 Å². The molecule has 0 atom stereocenters. The van der Waals surface area contributed by atoms with Crippen LogP contribution >= 0.6 is 0 Å². The topological polar surface area (TPSA) is 104 Å². The summed E-state index contributed by atoms with van der Waals surface area (Å²) in [5.74, 6) is -0.526. The second-order valence-corrected chi connectivity index (χ2v) is 8.03. The molecule has 1 heterocycles. The predicted octanol–water partition coefficient (Wildman–Crippen LogP) is 3.15. The number of rotatable bonds is 6. The largest absolute Gasteiger partial charge is 0.464 e. The van der Waals surface area contributed by atoms with Gasteiger partial charge in [-0.15, -0.1) is 6.58 Å². The number of benzene rings is 2. The maximum absolute atomic E-state index is 12.6. The number of hydrogen-bond acceptors (Lipinski definition) is 5. The highest BCUT2D eigenvalue weighted by Crippen LogP contribution is 2.35. The highest BCUT2D eigenvalue weighted by atomic mass is 32.2. The number of ether oxygens (including phenoxy) is 1. The Morgan fingerprint density at radius 2 is 1.72 bits per heavy atom. The number of primary sulfonamides is 1. The lowest BCUT2D eigenvalue weighted by Gasteiger charge is -2.08. The first-order chi connectivity index (χ1) is 13.8. The van der Waals surface area contributed by atoms with Crippen molar-refractivity contribution in [2.75, 3.05) is 7.11 Å². The van der Waals surface area contributed by atoms with Crippen LogP contribution in [0.3, 0.4) is 0 Å². The van der Waals surface area contributed by atoms with E-state index in [0.717, 1.165) is 11.1 Å². The van der Waals surface area contributed by atoms with Gasteiger partial charge in [0, 0.05) is 11.1 Å². The zero-order valence-electron chi connectivity index (χ0n) is 16.1. The first kappa shape index (κ1) is 20.5. The first-order valence-corrected chi connectivity index (χ1v) is 10.3. The van der Waals surface area contributed by atoms with E-state index in [0.29, 0.717) is 29.1 Å². The van der Waals surface area contributed by atoms with Gasteiger partial charge >= 0.3 is 5.97 Å². The van der Waals surface area contributed by atoms with Gasteiger partial charge in [0.2, 0.25) is 10.0 Å². The fourth-order valence-corrected chi connectivity index (χ4v) is 3.53. The molecule has 29 heavy (non-hydrogen) atoms. The Bertz CT molecular complexity index is 1160. The molecule has 0 amide bonds. The van der Waals surface area contributed by atoms with Crippen LogP contribution in [0.25, 0.3) is 22.4 Å². The van der Waals surface area contributed by atoms with Crippen molar-refractivity contribution in [2.24, 2.45) is 5.14 Å². The second-order valence-electron chi connectivity index (χ2n) is 6.47. The number of sulfonamides is 1. The second kappa shape index (κ2) is 8.02. The van der Waals surface area contributed by atoms with Crippen LogP contribution in [0.4, 0.5) is 0 Å². The molecule has 0 spiro atoms. The molecule has 0 bridgehead atoms. The van der Waals surface area contributed by atoms with Gasteiger partial charge in [0.1, 0.15) is 5.69 Å². The van der Waals surface area contributed by atoms with E-state index < -0.39 is 16.0 Å². The van der Waals surface area contributed by atoms with Crippen LogP contribution in [0.5, 0.6) is 0 Å².